The monoisotopic (exact) mass is 307 g/mol. The van der Waals surface area contributed by atoms with E-state index >= 15 is 0 Å². The summed E-state index contributed by atoms with van der Waals surface area (Å²) in [5.74, 6) is -0.101. The average Bonchev–Trinajstić information content (AvgIpc) is 2.45. The van der Waals surface area contributed by atoms with Crippen molar-refractivity contribution in [3.63, 3.8) is 0 Å². The SMILES string of the molecule is N#Cc1ccc(NC(=O)CCN2CCCC(O)C2)cc1Cl. The molecule has 1 atom stereocenters. The lowest BCUT2D eigenvalue weighted by atomic mass is 10.1. The number of amides is 1. The molecular weight excluding hydrogens is 290 g/mol. The molecule has 2 rings (SSSR count). The second kappa shape index (κ2) is 7.41. The van der Waals surface area contributed by atoms with Crippen LogP contribution in [0.1, 0.15) is 24.8 Å². The van der Waals surface area contributed by atoms with E-state index in [4.69, 9.17) is 16.9 Å². The van der Waals surface area contributed by atoms with Crippen LogP contribution >= 0.6 is 11.6 Å². The highest BCUT2D eigenvalue weighted by molar-refractivity contribution is 6.32. The number of aliphatic hydroxyl groups excluding tert-OH is 1. The fourth-order valence-electron chi connectivity index (χ4n) is 2.40. The van der Waals surface area contributed by atoms with Crippen LogP contribution in [0.4, 0.5) is 5.69 Å². The van der Waals surface area contributed by atoms with Crippen molar-refractivity contribution in [3.8, 4) is 6.07 Å². The third-order valence-electron chi connectivity index (χ3n) is 3.51. The number of nitrogens with zero attached hydrogens (tertiary/aromatic N) is 2. The summed E-state index contributed by atoms with van der Waals surface area (Å²) in [4.78, 5) is 14.0. The molecule has 0 spiro atoms. The van der Waals surface area contributed by atoms with Crippen LogP contribution in [0, 0.1) is 11.3 Å². The van der Waals surface area contributed by atoms with Crippen molar-refractivity contribution in [2.45, 2.75) is 25.4 Å². The van der Waals surface area contributed by atoms with Crippen LogP contribution in [0.15, 0.2) is 18.2 Å². The van der Waals surface area contributed by atoms with Crippen molar-refractivity contribution >= 4 is 23.2 Å². The number of nitriles is 1. The largest absolute Gasteiger partial charge is 0.392 e. The Bertz CT molecular complexity index is 556. The van der Waals surface area contributed by atoms with Crippen molar-refractivity contribution in [3.05, 3.63) is 28.8 Å². The summed E-state index contributed by atoms with van der Waals surface area (Å²) >= 11 is 5.92. The molecule has 1 saturated heterocycles. The van der Waals surface area contributed by atoms with Gasteiger partial charge in [0, 0.05) is 25.2 Å². The van der Waals surface area contributed by atoms with Crippen molar-refractivity contribution in [1.82, 2.24) is 4.90 Å². The standard InChI is InChI=1S/C15H18ClN3O2/c16-14-8-12(4-3-11(14)9-17)18-15(21)5-7-19-6-1-2-13(20)10-19/h3-4,8,13,20H,1-2,5-7,10H2,(H,18,21). The summed E-state index contributed by atoms with van der Waals surface area (Å²) in [5, 5.41) is 21.5. The van der Waals surface area contributed by atoms with E-state index in [2.05, 4.69) is 10.2 Å². The lowest BCUT2D eigenvalue weighted by molar-refractivity contribution is -0.116. The highest BCUT2D eigenvalue weighted by Gasteiger charge is 2.18. The predicted octanol–water partition coefficient (Wildman–Crippen LogP) is 2.00. The van der Waals surface area contributed by atoms with Gasteiger partial charge in [0.2, 0.25) is 5.91 Å². The smallest absolute Gasteiger partial charge is 0.225 e. The Morgan fingerprint density at radius 3 is 3.05 bits per heavy atom. The molecule has 1 aromatic rings. The topological polar surface area (TPSA) is 76.4 Å². The number of benzene rings is 1. The van der Waals surface area contributed by atoms with E-state index in [0.29, 0.717) is 35.8 Å². The average molecular weight is 308 g/mol. The van der Waals surface area contributed by atoms with Crippen molar-refractivity contribution in [2.75, 3.05) is 25.0 Å². The third-order valence-corrected chi connectivity index (χ3v) is 3.82. The maximum absolute atomic E-state index is 11.9. The first kappa shape index (κ1) is 15.8. The molecular formula is C15H18ClN3O2. The van der Waals surface area contributed by atoms with Gasteiger partial charge >= 0.3 is 0 Å². The first-order valence-electron chi connectivity index (χ1n) is 6.98. The van der Waals surface area contributed by atoms with Crippen LogP contribution in [0.3, 0.4) is 0 Å². The summed E-state index contributed by atoms with van der Waals surface area (Å²) < 4.78 is 0. The molecule has 6 heteroatoms. The number of aliphatic hydroxyl groups is 1. The molecule has 0 radical (unpaired) electrons. The second-order valence-electron chi connectivity index (χ2n) is 5.20. The van der Waals surface area contributed by atoms with Gasteiger partial charge < -0.3 is 15.3 Å². The number of anilines is 1. The number of halogens is 1. The maximum Gasteiger partial charge on any atom is 0.225 e. The molecule has 1 aliphatic rings. The number of carbonyl (C=O) groups is 1. The molecule has 0 aliphatic carbocycles. The van der Waals surface area contributed by atoms with Crippen molar-refractivity contribution in [1.29, 1.82) is 5.26 Å². The molecule has 1 fully saturated rings. The van der Waals surface area contributed by atoms with E-state index in [-0.39, 0.29) is 12.0 Å². The van der Waals surface area contributed by atoms with Crippen LogP contribution in [0.25, 0.3) is 0 Å². The van der Waals surface area contributed by atoms with E-state index < -0.39 is 0 Å². The molecule has 0 bridgehead atoms. The van der Waals surface area contributed by atoms with Crippen molar-refractivity contribution in [2.24, 2.45) is 0 Å². The van der Waals surface area contributed by atoms with Crippen molar-refractivity contribution < 1.29 is 9.90 Å². The first-order valence-corrected chi connectivity index (χ1v) is 7.36. The molecule has 112 valence electrons. The number of likely N-dealkylation sites (tertiary alicyclic amines) is 1. The first-order chi connectivity index (χ1) is 10.1. The van der Waals surface area contributed by atoms with E-state index in [1.165, 1.54) is 0 Å². The second-order valence-corrected chi connectivity index (χ2v) is 5.61. The highest BCUT2D eigenvalue weighted by Crippen LogP contribution is 2.20. The van der Waals surface area contributed by atoms with Gasteiger partial charge in [-0.05, 0) is 37.6 Å². The van der Waals surface area contributed by atoms with Gasteiger partial charge in [-0.2, -0.15) is 5.26 Å². The zero-order chi connectivity index (χ0) is 15.2. The molecule has 2 N–H and O–H groups in total. The zero-order valence-corrected chi connectivity index (χ0v) is 12.4. The molecule has 1 heterocycles. The van der Waals surface area contributed by atoms with Gasteiger partial charge in [-0.25, -0.2) is 0 Å². The highest BCUT2D eigenvalue weighted by atomic mass is 35.5. The van der Waals surface area contributed by atoms with Gasteiger partial charge in [0.1, 0.15) is 6.07 Å². The van der Waals surface area contributed by atoms with Gasteiger partial charge in [-0.15, -0.1) is 0 Å². The third kappa shape index (κ3) is 4.71. The molecule has 0 aromatic heterocycles. The Hall–Kier alpha value is -1.61. The van der Waals surface area contributed by atoms with E-state index in [1.807, 2.05) is 6.07 Å². The Morgan fingerprint density at radius 2 is 2.38 bits per heavy atom. The molecule has 1 unspecified atom stereocenters. The van der Waals surface area contributed by atoms with Gasteiger partial charge in [-0.1, -0.05) is 11.6 Å². The minimum atomic E-state index is -0.279. The summed E-state index contributed by atoms with van der Waals surface area (Å²) in [5.41, 5.74) is 0.972. The van der Waals surface area contributed by atoms with Gasteiger partial charge in [0.25, 0.3) is 0 Å². The summed E-state index contributed by atoms with van der Waals surface area (Å²) in [6.07, 6.45) is 1.89. The van der Waals surface area contributed by atoms with Crippen LogP contribution in [-0.2, 0) is 4.79 Å². The summed E-state index contributed by atoms with van der Waals surface area (Å²) in [6, 6.07) is 6.79. The molecule has 0 saturated carbocycles. The molecule has 1 aliphatic heterocycles. The van der Waals surface area contributed by atoms with Crippen LogP contribution in [-0.4, -0.2) is 41.7 Å². The Balaban J connectivity index is 1.82. The minimum absolute atomic E-state index is 0.101. The maximum atomic E-state index is 11.9. The number of hydrogen-bond acceptors (Lipinski definition) is 4. The number of piperidine rings is 1. The molecule has 1 amide bonds. The lowest BCUT2D eigenvalue weighted by Crippen LogP contribution is -2.39. The Labute approximate surface area is 129 Å². The Morgan fingerprint density at radius 1 is 1.57 bits per heavy atom. The van der Waals surface area contributed by atoms with Crippen LogP contribution < -0.4 is 5.32 Å². The fraction of sp³-hybridized carbons (Fsp3) is 0.467. The molecule has 5 nitrogen and oxygen atoms in total. The number of rotatable bonds is 4. The Kier molecular flexibility index (Phi) is 5.57. The van der Waals surface area contributed by atoms with E-state index in [9.17, 15) is 9.90 Å². The quantitative estimate of drug-likeness (QED) is 0.892. The number of hydrogen-bond donors (Lipinski definition) is 2. The van der Waals surface area contributed by atoms with Gasteiger partial charge in [0.05, 0.1) is 16.7 Å². The van der Waals surface area contributed by atoms with Gasteiger partial charge in [-0.3, -0.25) is 4.79 Å². The number of β-amino-alcohol motifs (C(OH)–C–C–N with tert-alkyl or cyclic N) is 1. The summed E-state index contributed by atoms with van der Waals surface area (Å²) in [7, 11) is 0. The van der Waals surface area contributed by atoms with E-state index in [1.54, 1.807) is 18.2 Å². The van der Waals surface area contributed by atoms with Crippen LogP contribution in [0.5, 0.6) is 0 Å². The summed E-state index contributed by atoms with van der Waals surface area (Å²) in [6.45, 7) is 2.19. The number of carbonyl (C=O) groups excluding carboxylic acids is 1. The van der Waals surface area contributed by atoms with Crippen LogP contribution in [0.2, 0.25) is 5.02 Å². The minimum Gasteiger partial charge on any atom is -0.392 e. The predicted molar refractivity (Wildman–Crippen MR) is 81.1 cm³/mol. The lowest BCUT2D eigenvalue weighted by Gasteiger charge is -2.29. The number of nitrogens with one attached hydrogen (secondary N) is 1. The normalized spacial score (nSPS) is 19.0. The van der Waals surface area contributed by atoms with E-state index in [0.717, 1.165) is 19.4 Å². The molecule has 21 heavy (non-hydrogen) atoms. The zero-order valence-electron chi connectivity index (χ0n) is 11.7. The fourth-order valence-corrected chi connectivity index (χ4v) is 2.62. The molecule has 1 aromatic carbocycles. The van der Waals surface area contributed by atoms with Gasteiger partial charge in [0.15, 0.2) is 0 Å².